The second-order valence-corrected chi connectivity index (χ2v) is 6.46. The maximum Gasteiger partial charge on any atom is 0.270 e. The second kappa shape index (κ2) is 5.86. The lowest BCUT2D eigenvalue weighted by molar-refractivity contribution is -0.384. The monoisotopic (exact) mass is 376 g/mol. The van der Waals surface area contributed by atoms with Crippen molar-refractivity contribution in [2.75, 3.05) is 5.32 Å². The molecule has 0 saturated heterocycles. The number of nitrogens with one attached hydrogen (secondary N) is 1. The van der Waals surface area contributed by atoms with Gasteiger partial charge in [0.2, 0.25) is 0 Å². The Morgan fingerprint density at radius 2 is 1.95 bits per heavy atom. The molecule has 22 heavy (non-hydrogen) atoms. The van der Waals surface area contributed by atoms with Gasteiger partial charge in [-0.3, -0.25) is 14.9 Å². The molecular formula is C15H9BrN2O3S. The van der Waals surface area contributed by atoms with Crippen molar-refractivity contribution in [3.8, 4) is 0 Å². The molecule has 0 bridgehead atoms. The minimum Gasteiger partial charge on any atom is -0.320 e. The van der Waals surface area contributed by atoms with E-state index in [0.717, 1.165) is 9.17 Å². The lowest BCUT2D eigenvalue weighted by Gasteiger charge is -2.05. The van der Waals surface area contributed by atoms with Crippen molar-refractivity contribution in [2.45, 2.75) is 0 Å². The molecule has 7 heteroatoms. The highest BCUT2D eigenvalue weighted by Gasteiger charge is 2.14. The average Bonchev–Trinajstić information content (AvgIpc) is 2.92. The Bertz CT molecular complexity index is 891. The predicted molar refractivity (Wildman–Crippen MR) is 90.6 cm³/mol. The quantitative estimate of drug-likeness (QED) is 0.525. The van der Waals surface area contributed by atoms with Gasteiger partial charge in [-0.05, 0) is 40.2 Å². The molecule has 0 aliphatic heterocycles. The molecule has 2 aromatic carbocycles. The largest absolute Gasteiger partial charge is 0.320 e. The molecule has 0 aliphatic rings. The number of halogens is 1. The smallest absolute Gasteiger partial charge is 0.270 e. The van der Waals surface area contributed by atoms with Crippen LogP contribution in [-0.2, 0) is 0 Å². The van der Waals surface area contributed by atoms with E-state index in [4.69, 9.17) is 0 Å². The highest BCUT2D eigenvalue weighted by Crippen LogP contribution is 2.30. The topological polar surface area (TPSA) is 72.2 Å². The van der Waals surface area contributed by atoms with Crippen LogP contribution < -0.4 is 5.32 Å². The summed E-state index contributed by atoms with van der Waals surface area (Å²) in [6, 6.07) is 13.6. The van der Waals surface area contributed by atoms with Crippen molar-refractivity contribution in [1.82, 2.24) is 0 Å². The van der Waals surface area contributed by atoms with E-state index >= 15 is 0 Å². The summed E-state index contributed by atoms with van der Waals surface area (Å²) < 4.78 is 1.63. The van der Waals surface area contributed by atoms with Crippen LogP contribution in [-0.4, -0.2) is 10.8 Å². The standard InChI is InChI=1S/C15H9BrN2O3S/c16-11-3-1-2-4-12(11)17-15(19)14-8-9-7-10(18(20)21)5-6-13(9)22-14/h1-8H,(H,17,19). The SMILES string of the molecule is O=C(Nc1ccccc1Br)c1cc2cc([N+](=O)[O-])ccc2s1. The number of fused-ring (bicyclic) bond motifs is 1. The van der Waals surface area contributed by atoms with E-state index in [1.807, 2.05) is 18.2 Å². The van der Waals surface area contributed by atoms with Crippen LogP contribution in [0.3, 0.4) is 0 Å². The van der Waals surface area contributed by atoms with Gasteiger partial charge in [-0.25, -0.2) is 0 Å². The predicted octanol–water partition coefficient (Wildman–Crippen LogP) is 4.82. The maximum absolute atomic E-state index is 12.3. The first kappa shape index (κ1) is 14.7. The Kier molecular flexibility index (Phi) is 3.91. The minimum absolute atomic E-state index is 0.0167. The van der Waals surface area contributed by atoms with Crippen molar-refractivity contribution in [3.05, 3.63) is 68.0 Å². The lowest BCUT2D eigenvalue weighted by atomic mass is 10.2. The van der Waals surface area contributed by atoms with Gasteiger partial charge in [0.15, 0.2) is 0 Å². The zero-order valence-electron chi connectivity index (χ0n) is 11.1. The van der Waals surface area contributed by atoms with E-state index < -0.39 is 4.92 Å². The van der Waals surface area contributed by atoms with Gasteiger partial charge in [0.25, 0.3) is 11.6 Å². The molecular weight excluding hydrogens is 368 g/mol. The van der Waals surface area contributed by atoms with E-state index in [0.29, 0.717) is 16.0 Å². The van der Waals surface area contributed by atoms with Crippen molar-refractivity contribution in [2.24, 2.45) is 0 Å². The van der Waals surface area contributed by atoms with E-state index in [-0.39, 0.29) is 11.6 Å². The van der Waals surface area contributed by atoms with Gasteiger partial charge in [-0.1, -0.05) is 12.1 Å². The number of anilines is 1. The van der Waals surface area contributed by atoms with E-state index in [2.05, 4.69) is 21.2 Å². The van der Waals surface area contributed by atoms with Crippen molar-refractivity contribution < 1.29 is 9.72 Å². The number of nitro groups is 1. The molecule has 0 aliphatic carbocycles. The molecule has 1 heterocycles. The zero-order valence-corrected chi connectivity index (χ0v) is 13.5. The molecule has 0 spiro atoms. The Morgan fingerprint density at radius 3 is 2.68 bits per heavy atom. The number of para-hydroxylation sites is 1. The third-order valence-corrected chi connectivity index (χ3v) is 4.86. The Morgan fingerprint density at radius 1 is 1.18 bits per heavy atom. The van der Waals surface area contributed by atoms with Crippen molar-refractivity contribution in [3.63, 3.8) is 0 Å². The molecule has 1 amide bonds. The molecule has 0 unspecified atom stereocenters. The molecule has 0 atom stereocenters. The number of non-ortho nitro benzene ring substituents is 1. The fourth-order valence-corrected chi connectivity index (χ4v) is 3.32. The number of amides is 1. The van der Waals surface area contributed by atoms with Crippen LogP contribution in [0.1, 0.15) is 9.67 Å². The number of carbonyl (C=O) groups excluding carboxylic acids is 1. The molecule has 3 rings (SSSR count). The van der Waals surface area contributed by atoms with Crippen LogP contribution in [0, 0.1) is 10.1 Å². The Labute approximate surface area is 137 Å². The summed E-state index contributed by atoms with van der Waals surface area (Å²) in [7, 11) is 0. The fraction of sp³-hybridized carbons (Fsp3) is 0. The highest BCUT2D eigenvalue weighted by molar-refractivity contribution is 9.10. The summed E-state index contributed by atoms with van der Waals surface area (Å²) in [5, 5.41) is 14.3. The number of carbonyl (C=O) groups is 1. The van der Waals surface area contributed by atoms with Gasteiger partial charge in [0.05, 0.1) is 15.5 Å². The van der Waals surface area contributed by atoms with E-state index in [9.17, 15) is 14.9 Å². The molecule has 0 radical (unpaired) electrons. The summed E-state index contributed by atoms with van der Waals surface area (Å²) in [6.07, 6.45) is 0. The number of rotatable bonds is 3. The molecule has 0 fully saturated rings. The molecule has 110 valence electrons. The second-order valence-electron chi connectivity index (χ2n) is 4.52. The average molecular weight is 377 g/mol. The van der Waals surface area contributed by atoms with Crippen LogP contribution in [0.15, 0.2) is 53.0 Å². The first-order valence-electron chi connectivity index (χ1n) is 6.28. The normalized spacial score (nSPS) is 10.6. The third kappa shape index (κ3) is 2.86. The number of hydrogen-bond donors (Lipinski definition) is 1. The van der Waals surface area contributed by atoms with Crippen LogP contribution in [0.25, 0.3) is 10.1 Å². The summed E-state index contributed by atoms with van der Waals surface area (Å²) in [5.41, 5.74) is 0.694. The van der Waals surface area contributed by atoms with Gasteiger partial charge < -0.3 is 5.32 Å². The minimum atomic E-state index is -0.446. The van der Waals surface area contributed by atoms with Gasteiger partial charge in [0.1, 0.15) is 0 Å². The van der Waals surface area contributed by atoms with Gasteiger partial charge >= 0.3 is 0 Å². The van der Waals surface area contributed by atoms with Crippen molar-refractivity contribution in [1.29, 1.82) is 0 Å². The molecule has 1 N–H and O–H groups in total. The molecule has 1 aromatic heterocycles. The maximum atomic E-state index is 12.3. The number of benzene rings is 2. The number of hydrogen-bond acceptors (Lipinski definition) is 4. The van der Waals surface area contributed by atoms with Crippen LogP contribution in [0.5, 0.6) is 0 Å². The van der Waals surface area contributed by atoms with Gasteiger partial charge in [0, 0.05) is 26.7 Å². The van der Waals surface area contributed by atoms with Crippen LogP contribution in [0.2, 0.25) is 0 Å². The van der Waals surface area contributed by atoms with Crippen LogP contribution in [0.4, 0.5) is 11.4 Å². The Hall–Kier alpha value is -2.25. The first-order chi connectivity index (χ1) is 10.5. The summed E-state index contributed by atoms with van der Waals surface area (Å²) in [6.45, 7) is 0. The molecule has 0 saturated carbocycles. The molecule has 3 aromatic rings. The van der Waals surface area contributed by atoms with Gasteiger partial charge in [-0.2, -0.15) is 0 Å². The summed E-state index contributed by atoms with van der Waals surface area (Å²) >= 11 is 4.67. The lowest BCUT2D eigenvalue weighted by Crippen LogP contribution is -2.10. The van der Waals surface area contributed by atoms with Crippen molar-refractivity contribution >= 4 is 54.6 Å². The van der Waals surface area contributed by atoms with E-state index in [1.54, 1.807) is 18.2 Å². The number of nitrogens with zero attached hydrogens (tertiary/aromatic N) is 1. The van der Waals surface area contributed by atoms with Crippen LogP contribution >= 0.6 is 27.3 Å². The van der Waals surface area contributed by atoms with E-state index in [1.165, 1.54) is 23.5 Å². The summed E-state index contributed by atoms with van der Waals surface area (Å²) in [5.74, 6) is -0.240. The fourth-order valence-electron chi connectivity index (χ4n) is 2.00. The first-order valence-corrected chi connectivity index (χ1v) is 7.89. The zero-order chi connectivity index (χ0) is 15.7. The van der Waals surface area contributed by atoms with Gasteiger partial charge in [-0.15, -0.1) is 11.3 Å². The third-order valence-electron chi connectivity index (χ3n) is 3.06. The summed E-state index contributed by atoms with van der Waals surface area (Å²) in [4.78, 5) is 23.1. The number of nitro benzene ring substituents is 1. The Balaban J connectivity index is 1.91. The highest BCUT2D eigenvalue weighted by atomic mass is 79.9. The molecule has 5 nitrogen and oxygen atoms in total. The number of thiophene rings is 1.